The zero-order valence-electron chi connectivity index (χ0n) is 13.1. The first-order valence-electron chi connectivity index (χ1n) is 7.99. The maximum absolute atomic E-state index is 12.4. The first-order chi connectivity index (χ1) is 11.8. The second-order valence-corrected chi connectivity index (χ2v) is 6.02. The average molecular weight is 315 g/mol. The predicted molar refractivity (Wildman–Crippen MR) is 93.8 cm³/mol. The molecule has 0 aromatic heterocycles. The number of carbonyl (C=O) groups excluding carboxylic acids is 1. The van der Waals surface area contributed by atoms with E-state index in [2.05, 4.69) is 39.3 Å². The van der Waals surface area contributed by atoms with Crippen LogP contribution in [0.1, 0.15) is 39.1 Å². The van der Waals surface area contributed by atoms with E-state index in [0.29, 0.717) is 23.7 Å². The van der Waals surface area contributed by atoms with Crippen molar-refractivity contribution in [3.63, 3.8) is 0 Å². The van der Waals surface area contributed by atoms with E-state index in [4.69, 9.17) is 6.42 Å². The quantitative estimate of drug-likeness (QED) is 0.885. The first-order valence-corrected chi connectivity index (χ1v) is 7.99. The molecule has 0 aliphatic carbocycles. The van der Waals surface area contributed by atoms with E-state index >= 15 is 0 Å². The van der Waals surface area contributed by atoms with E-state index < -0.39 is 0 Å². The number of carbonyl (C=O) groups is 1. The van der Waals surface area contributed by atoms with Crippen molar-refractivity contribution < 1.29 is 4.79 Å². The molecule has 0 saturated carbocycles. The molecule has 2 atom stereocenters. The second kappa shape index (κ2) is 5.86. The fourth-order valence-corrected chi connectivity index (χ4v) is 3.51. The second-order valence-electron chi connectivity index (χ2n) is 6.02. The average Bonchev–Trinajstić information content (AvgIpc) is 3.21. The Morgan fingerprint density at radius 3 is 2.92 bits per heavy atom. The van der Waals surface area contributed by atoms with Gasteiger partial charge < -0.3 is 10.2 Å². The molecular formula is C20H17N3O. The fraction of sp³-hybridized carbons (Fsp3) is 0.200. The van der Waals surface area contributed by atoms with Crippen LogP contribution in [0.3, 0.4) is 0 Å². The Morgan fingerprint density at radius 2 is 2.08 bits per heavy atom. The van der Waals surface area contributed by atoms with Crippen molar-refractivity contribution in [2.45, 2.75) is 12.1 Å². The third-order valence-corrected chi connectivity index (χ3v) is 4.67. The molecule has 1 N–H and O–H groups in total. The van der Waals surface area contributed by atoms with Crippen LogP contribution in [0.4, 0.5) is 0 Å². The van der Waals surface area contributed by atoms with Gasteiger partial charge in [0.15, 0.2) is 0 Å². The summed E-state index contributed by atoms with van der Waals surface area (Å²) in [7, 11) is 0. The molecule has 118 valence electrons. The molecule has 2 heterocycles. The summed E-state index contributed by atoms with van der Waals surface area (Å²) < 4.78 is 0. The minimum atomic E-state index is -0.107. The number of rotatable bonds is 3. The SMILES string of the molecule is C#Cc1cccc(C(=O)NCC2c3ccccc3C3CN=CN32)c1. The maximum Gasteiger partial charge on any atom is 0.251 e. The van der Waals surface area contributed by atoms with Gasteiger partial charge >= 0.3 is 0 Å². The fourth-order valence-electron chi connectivity index (χ4n) is 3.51. The smallest absolute Gasteiger partial charge is 0.251 e. The number of benzene rings is 2. The maximum atomic E-state index is 12.4. The van der Waals surface area contributed by atoms with E-state index in [9.17, 15) is 4.79 Å². The standard InChI is InChI=1S/C20H17N3O/c1-2-14-6-5-7-15(10-14)20(24)22-12-19-17-9-4-3-8-16(17)18-11-21-13-23(18)19/h1,3-10,13,18-19H,11-12H2,(H,22,24). The number of hydrogen-bond acceptors (Lipinski definition) is 3. The minimum Gasteiger partial charge on any atom is -0.350 e. The lowest BCUT2D eigenvalue weighted by Crippen LogP contribution is -2.34. The third kappa shape index (κ3) is 2.35. The van der Waals surface area contributed by atoms with Gasteiger partial charge in [0.1, 0.15) is 0 Å². The van der Waals surface area contributed by atoms with Crippen molar-refractivity contribution in [2.75, 3.05) is 13.1 Å². The molecule has 2 aliphatic heterocycles. The number of hydrogen-bond donors (Lipinski definition) is 1. The first kappa shape index (κ1) is 14.5. The molecule has 2 aromatic rings. The molecule has 0 bridgehead atoms. The van der Waals surface area contributed by atoms with Crippen LogP contribution in [-0.2, 0) is 0 Å². The highest BCUT2D eigenvalue weighted by Crippen LogP contribution is 2.42. The number of aliphatic imine (C=N–C) groups is 1. The van der Waals surface area contributed by atoms with E-state index in [1.54, 1.807) is 18.2 Å². The largest absolute Gasteiger partial charge is 0.350 e. The summed E-state index contributed by atoms with van der Waals surface area (Å²) >= 11 is 0. The molecular weight excluding hydrogens is 298 g/mol. The van der Waals surface area contributed by atoms with Gasteiger partial charge in [-0.15, -0.1) is 6.42 Å². The summed E-state index contributed by atoms with van der Waals surface area (Å²) in [6, 6.07) is 15.9. The highest BCUT2D eigenvalue weighted by atomic mass is 16.1. The van der Waals surface area contributed by atoms with E-state index in [1.165, 1.54) is 11.1 Å². The van der Waals surface area contributed by atoms with E-state index in [0.717, 1.165) is 6.54 Å². The van der Waals surface area contributed by atoms with Gasteiger partial charge in [-0.05, 0) is 29.3 Å². The van der Waals surface area contributed by atoms with Crippen molar-refractivity contribution >= 4 is 12.2 Å². The van der Waals surface area contributed by atoms with Crippen LogP contribution in [0, 0.1) is 12.3 Å². The topological polar surface area (TPSA) is 44.7 Å². The van der Waals surface area contributed by atoms with Crippen molar-refractivity contribution in [1.82, 2.24) is 10.2 Å². The van der Waals surface area contributed by atoms with Gasteiger partial charge in [0.05, 0.1) is 25.0 Å². The minimum absolute atomic E-state index is 0.107. The zero-order valence-corrected chi connectivity index (χ0v) is 13.1. The highest BCUT2D eigenvalue weighted by Gasteiger charge is 2.38. The van der Waals surface area contributed by atoms with Crippen LogP contribution in [-0.4, -0.2) is 30.2 Å². The molecule has 4 rings (SSSR count). The summed E-state index contributed by atoms with van der Waals surface area (Å²) in [5, 5.41) is 3.03. The Morgan fingerprint density at radius 1 is 1.25 bits per heavy atom. The lowest BCUT2D eigenvalue weighted by molar-refractivity contribution is 0.0944. The van der Waals surface area contributed by atoms with Crippen molar-refractivity contribution in [3.8, 4) is 12.3 Å². The van der Waals surface area contributed by atoms with Crippen LogP contribution >= 0.6 is 0 Å². The Labute approximate surface area is 141 Å². The number of nitrogens with zero attached hydrogens (tertiary/aromatic N) is 2. The summed E-state index contributed by atoms with van der Waals surface area (Å²) in [4.78, 5) is 19.1. The molecule has 2 unspecified atom stereocenters. The van der Waals surface area contributed by atoms with Gasteiger partial charge in [-0.3, -0.25) is 9.79 Å². The summed E-state index contributed by atoms with van der Waals surface area (Å²) in [5.41, 5.74) is 3.87. The molecule has 1 amide bonds. The van der Waals surface area contributed by atoms with Gasteiger partial charge in [-0.1, -0.05) is 36.3 Å². The number of fused-ring (bicyclic) bond motifs is 3. The van der Waals surface area contributed by atoms with Crippen molar-refractivity contribution in [1.29, 1.82) is 0 Å². The lowest BCUT2D eigenvalue weighted by atomic mass is 10.0. The monoisotopic (exact) mass is 315 g/mol. The van der Waals surface area contributed by atoms with Gasteiger partial charge in [0, 0.05) is 17.7 Å². The van der Waals surface area contributed by atoms with Crippen LogP contribution in [0.25, 0.3) is 0 Å². The molecule has 0 radical (unpaired) electrons. The lowest BCUT2D eigenvalue weighted by Gasteiger charge is -2.24. The molecule has 4 nitrogen and oxygen atoms in total. The summed E-state index contributed by atoms with van der Waals surface area (Å²) in [5.74, 6) is 2.45. The van der Waals surface area contributed by atoms with Crippen LogP contribution in [0.5, 0.6) is 0 Å². The molecule has 2 aromatic carbocycles. The zero-order chi connectivity index (χ0) is 16.5. The Hall–Kier alpha value is -3.06. The van der Waals surface area contributed by atoms with E-state index in [-0.39, 0.29) is 11.9 Å². The van der Waals surface area contributed by atoms with Crippen molar-refractivity contribution in [2.24, 2.45) is 4.99 Å². The van der Waals surface area contributed by atoms with Gasteiger partial charge in [-0.2, -0.15) is 0 Å². The molecule has 24 heavy (non-hydrogen) atoms. The van der Waals surface area contributed by atoms with Gasteiger partial charge in [-0.25, -0.2) is 0 Å². The van der Waals surface area contributed by atoms with Crippen LogP contribution < -0.4 is 5.32 Å². The number of amides is 1. The Kier molecular flexibility index (Phi) is 3.55. The molecule has 0 saturated heterocycles. The molecule has 0 fully saturated rings. The van der Waals surface area contributed by atoms with E-state index in [1.807, 2.05) is 18.5 Å². The van der Waals surface area contributed by atoms with Crippen LogP contribution in [0.15, 0.2) is 53.5 Å². The van der Waals surface area contributed by atoms with Gasteiger partial charge in [0.25, 0.3) is 5.91 Å². The summed E-state index contributed by atoms with van der Waals surface area (Å²) in [6.07, 6.45) is 7.30. The summed E-state index contributed by atoms with van der Waals surface area (Å²) in [6.45, 7) is 1.32. The van der Waals surface area contributed by atoms with Crippen LogP contribution in [0.2, 0.25) is 0 Å². The number of terminal acetylenes is 1. The van der Waals surface area contributed by atoms with Gasteiger partial charge in [0.2, 0.25) is 0 Å². The number of nitrogens with one attached hydrogen (secondary N) is 1. The Bertz CT molecular complexity index is 865. The normalized spacial score (nSPS) is 20.4. The third-order valence-electron chi connectivity index (χ3n) is 4.67. The van der Waals surface area contributed by atoms with Crippen molar-refractivity contribution in [3.05, 3.63) is 70.8 Å². The molecule has 4 heteroatoms. The molecule has 0 spiro atoms. The predicted octanol–water partition coefficient (Wildman–Crippen LogP) is 2.54. The Balaban J connectivity index is 1.52. The molecule has 2 aliphatic rings. The highest BCUT2D eigenvalue weighted by molar-refractivity contribution is 5.94.